The molecule has 1 heteroatoms. The molecule has 1 fully saturated rings. The standard InChI is InChI=1S/C11H21Cl/c1-3-8-11(2,9-12)10-6-4-5-7-10/h10H,3-9H2,1-2H3. The summed E-state index contributed by atoms with van der Waals surface area (Å²) in [6, 6.07) is 0. The molecule has 0 N–H and O–H groups in total. The summed E-state index contributed by atoms with van der Waals surface area (Å²) in [7, 11) is 0. The summed E-state index contributed by atoms with van der Waals surface area (Å²) in [6.45, 7) is 4.64. The lowest BCUT2D eigenvalue weighted by molar-refractivity contribution is 0.202. The summed E-state index contributed by atoms with van der Waals surface area (Å²) in [5, 5.41) is 0. The Morgan fingerprint density at radius 2 is 1.92 bits per heavy atom. The van der Waals surface area contributed by atoms with Crippen molar-refractivity contribution in [2.24, 2.45) is 11.3 Å². The summed E-state index contributed by atoms with van der Waals surface area (Å²) in [4.78, 5) is 0. The van der Waals surface area contributed by atoms with Crippen LogP contribution in [0.3, 0.4) is 0 Å². The third-order valence-corrected chi connectivity index (χ3v) is 4.08. The third-order valence-electron chi connectivity index (χ3n) is 3.47. The van der Waals surface area contributed by atoms with Crippen molar-refractivity contribution in [2.45, 2.75) is 52.4 Å². The predicted octanol–water partition coefficient (Wildman–Crippen LogP) is 4.22. The molecule has 0 saturated heterocycles. The number of alkyl halides is 1. The van der Waals surface area contributed by atoms with E-state index >= 15 is 0 Å². The minimum absolute atomic E-state index is 0.437. The molecule has 0 aromatic carbocycles. The molecule has 1 aliphatic rings. The second-order valence-electron chi connectivity index (χ2n) is 4.52. The number of rotatable bonds is 4. The molecule has 0 aromatic heterocycles. The van der Waals surface area contributed by atoms with Crippen molar-refractivity contribution in [1.29, 1.82) is 0 Å². The van der Waals surface area contributed by atoms with Gasteiger partial charge in [-0.15, -0.1) is 11.6 Å². The van der Waals surface area contributed by atoms with Gasteiger partial charge in [0.15, 0.2) is 0 Å². The lowest BCUT2D eigenvalue weighted by atomic mass is 9.74. The highest BCUT2D eigenvalue weighted by Crippen LogP contribution is 2.43. The Morgan fingerprint density at radius 3 is 2.33 bits per heavy atom. The number of hydrogen-bond donors (Lipinski definition) is 0. The van der Waals surface area contributed by atoms with Gasteiger partial charge in [0.05, 0.1) is 0 Å². The average Bonchev–Trinajstić information content (AvgIpc) is 2.57. The first kappa shape index (κ1) is 10.4. The first-order chi connectivity index (χ1) is 5.73. The first-order valence-electron chi connectivity index (χ1n) is 5.29. The molecule has 1 unspecified atom stereocenters. The zero-order valence-electron chi connectivity index (χ0n) is 8.41. The molecule has 0 bridgehead atoms. The van der Waals surface area contributed by atoms with Crippen LogP contribution in [-0.4, -0.2) is 5.88 Å². The van der Waals surface area contributed by atoms with E-state index in [-0.39, 0.29) is 0 Å². The maximum atomic E-state index is 6.07. The van der Waals surface area contributed by atoms with Crippen LogP contribution >= 0.6 is 11.6 Å². The summed E-state index contributed by atoms with van der Waals surface area (Å²) in [6.07, 6.45) is 8.29. The quantitative estimate of drug-likeness (QED) is 0.580. The van der Waals surface area contributed by atoms with Crippen LogP contribution in [0.5, 0.6) is 0 Å². The summed E-state index contributed by atoms with van der Waals surface area (Å²) in [5.74, 6) is 1.76. The Kier molecular flexibility index (Phi) is 3.89. The number of halogens is 1. The molecule has 1 atom stereocenters. The van der Waals surface area contributed by atoms with Gasteiger partial charge in [-0.2, -0.15) is 0 Å². The highest BCUT2D eigenvalue weighted by Gasteiger charge is 2.34. The van der Waals surface area contributed by atoms with Crippen LogP contribution in [0.1, 0.15) is 52.4 Å². The molecule has 12 heavy (non-hydrogen) atoms. The van der Waals surface area contributed by atoms with E-state index in [1.807, 2.05) is 0 Å². The second kappa shape index (κ2) is 4.50. The fraction of sp³-hybridized carbons (Fsp3) is 1.00. The Hall–Kier alpha value is 0.290. The minimum Gasteiger partial charge on any atom is -0.126 e. The van der Waals surface area contributed by atoms with Crippen LogP contribution in [0.15, 0.2) is 0 Å². The number of hydrogen-bond acceptors (Lipinski definition) is 0. The van der Waals surface area contributed by atoms with Gasteiger partial charge in [0, 0.05) is 5.88 Å². The van der Waals surface area contributed by atoms with E-state index in [1.165, 1.54) is 38.5 Å². The Balaban J connectivity index is 2.51. The predicted molar refractivity (Wildman–Crippen MR) is 55.7 cm³/mol. The van der Waals surface area contributed by atoms with Crippen molar-refractivity contribution in [1.82, 2.24) is 0 Å². The Bertz CT molecular complexity index is 127. The molecule has 1 rings (SSSR count). The van der Waals surface area contributed by atoms with Crippen molar-refractivity contribution in [3.05, 3.63) is 0 Å². The molecule has 0 amide bonds. The van der Waals surface area contributed by atoms with Crippen LogP contribution in [-0.2, 0) is 0 Å². The molecule has 0 aromatic rings. The van der Waals surface area contributed by atoms with Gasteiger partial charge >= 0.3 is 0 Å². The van der Waals surface area contributed by atoms with Crippen LogP contribution in [0.2, 0.25) is 0 Å². The van der Waals surface area contributed by atoms with Crippen LogP contribution in [0.4, 0.5) is 0 Å². The van der Waals surface area contributed by atoms with E-state index in [0.717, 1.165) is 11.8 Å². The van der Waals surface area contributed by atoms with Gasteiger partial charge in [-0.05, 0) is 30.6 Å². The van der Waals surface area contributed by atoms with Gasteiger partial charge < -0.3 is 0 Å². The van der Waals surface area contributed by atoms with Crippen LogP contribution < -0.4 is 0 Å². The van der Waals surface area contributed by atoms with Crippen LogP contribution in [0.25, 0.3) is 0 Å². The highest BCUT2D eigenvalue weighted by molar-refractivity contribution is 6.18. The monoisotopic (exact) mass is 188 g/mol. The highest BCUT2D eigenvalue weighted by atomic mass is 35.5. The fourth-order valence-electron chi connectivity index (χ4n) is 2.57. The summed E-state index contributed by atoms with van der Waals surface area (Å²) < 4.78 is 0. The van der Waals surface area contributed by atoms with Crippen molar-refractivity contribution in [3.63, 3.8) is 0 Å². The normalized spacial score (nSPS) is 24.2. The minimum atomic E-state index is 0.437. The summed E-state index contributed by atoms with van der Waals surface area (Å²) in [5.41, 5.74) is 0.437. The average molecular weight is 189 g/mol. The summed E-state index contributed by atoms with van der Waals surface area (Å²) >= 11 is 6.07. The van der Waals surface area contributed by atoms with E-state index < -0.39 is 0 Å². The molecule has 0 heterocycles. The lowest BCUT2D eigenvalue weighted by Crippen LogP contribution is -2.27. The molecule has 1 aliphatic carbocycles. The van der Waals surface area contributed by atoms with Gasteiger partial charge in [0.25, 0.3) is 0 Å². The van der Waals surface area contributed by atoms with Crippen molar-refractivity contribution >= 4 is 11.6 Å². The maximum Gasteiger partial charge on any atom is 0.0280 e. The van der Waals surface area contributed by atoms with E-state index in [0.29, 0.717) is 5.41 Å². The van der Waals surface area contributed by atoms with Crippen molar-refractivity contribution in [3.8, 4) is 0 Å². The molecular weight excluding hydrogens is 168 g/mol. The molecule has 0 spiro atoms. The Morgan fingerprint density at radius 1 is 1.33 bits per heavy atom. The van der Waals surface area contributed by atoms with E-state index in [2.05, 4.69) is 13.8 Å². The van der Waals surface area contributed by atoms with E-state index in [1.54, 1.807) is 0 Å². The van der Waals surface area contributed by atoms with Gasteiger partial charge in [-0.25, -0.2) is 0 Å². The molecular formula is C11H21Cl. The van der Waals surface area contributed by atoms with Crippen LogP contribution in [0, 0.1) is 11.3 Å². The maximum absolute atomic E-state index is 6.07. The Labute approximate surface area is 81.7 Å². The van der Waals surface area contributed by atoms with Crippen molar-refractivity contribution < 1.29 is 0 Å². The molecule has 0 nitrogen and oxygen atoms in total. The van der Waals surface area contributed by atoms with Gasteiger partial charge in [-0.1, -0.05) is 33.1 Å². The molecule has 0 radical (unpaired) electrons. The smallest absolute Gasteiger partial charge is 0.0280 e. The van der Waals surface area contributed by atoms with Gasteiger partial charge in [0.2, 0.25) is 0 Å². The van der Waals surface area contributed by atoms with E-state index in [4.69, 9.17) is 11.6 Å². The third kappa shape index (κ3) is 2.16. The SMILES string of the molecule is CCCC(C)(CCl)C1CCCC1. The van der Waals surface area contributed by atoms with Crippen molar-refractivity contribution in [2.75, 3.05) is 5.88 Å². The fourth-order valence-corrected chi connectivity index (χ4v) is 2.93. The molecule has 72 valence electrons. The first-order valence-corrected chi connectivity index (χ1v) is 5.82. The van der Waals surface area contributed by atoms with Gasteiger partial charge in [0.1, 0.15) is 0 Å². The molecule has 1 saturated carbocycles. The van der Waals surface area contributed by atoms with E-state index in [9.17, 15) is 0 Å². The molecule has 0 aliphatic heterocycles. The topological polar surface area (TPSA) is 0 Å². The zero-order chi connectivity index (χ0) is 9.03. The zero-order valence-corrected chi connectivity index (χ0v) is 9.16. The lowest BCUT2D eigenvalue weighted by Gasteiger charge is -2.33. The second-order valence-corrected chi connectivity index (χ2v) is 4.79. The largest absolute Gasteiger partial charge is 0.126 e. The van der Waals surface area contributed by atoms with Gasteiger partial charge in [-0.3, -0.25) is 0 Å².